The average molecular weight is 673 g/mol. The number of phenolic OH excluding ortho intramolecular Hbond substituents is 1. The van der Waals surface area contributed by atoms with Crippen LogP contribution in [-0.4, -0.2) is 57.0 Å². The summed E-state index contributed by atoms with van der Waals surface area (Å²) in [7, 11) is 1.30. The van der Waals surface area contributed by atoms with Crippen molar-refractivity contribution in [1.82, 2.24) is 4.90 Å². The number of aromatic hydroxyl groups is 1. The molecule has 2 aliphatic heterocycles. The maximum Gasteiger partial charge on any atom is 0.258 e. The van der Waals surface area contributed by atoms with Crippen molar-refractivity contribution in [1.29, 1.82) is 0 Å². The fourth-order valence-electron chi connectivity index (χ4n) is 7.31. The molecule has 2 aromatic rings. The van der Waals surface area contributed by atoms with Gasteiger partial charge in [0.1, 0.15) is 17.2 Å². The van der Waals surface area contributed by atoms with E-state index in [1.165, 1.54) is 25.3 Å². The summed E-state index contributed by atoms with van der Waals surface area (Å²) < 4.78 is 78.0. The SMILES string of the molecule is CCCN1C(=O)[C@H]2[C@H](CC=C3[C@H]2C[C@@]2(Cl)C(=O)N(c4c(F)c(F)c(F)c(F)c4F)C(=O)[C@@]2(Cl)[C@H]3c2cc(OC)ccc2O)C1=O. The molecule has 2 aliphatic carbocycles. The van der Waals surface area contributed by atoms with Crippen molar-refractivity contribution in [3.63, 3.8) is 0 Å². The number of benzene rings is 2. The Bertz CT molecular complexity index is 1730. The van der Waals surface area contributed by atoms with E-state index in [1.54, 1.807) is 13.0 Å². The number of carbonyl (C=O) groups excluding carboxylic acids is 4. The largest absolute Gasteiger partial charge is 0.508 e. The summed E-state index contributed by atoms with van der Waals surface area (Å²) in [4.78, 5) is 50.7. The minimum absolute atomic E-state index is 0.00820. The first-order chi connectivity index (χ1) is 21.2. The van der Waals surface area contributed by atoms with Gasteiger partial charge in [-0.25, -0.2) is 26.9 Å². The first-order valence-electron chi connectivity index (χ1n) is 13.9. The van der Waals surface area contributed by atoms with E-state index >= 15 is 8.78 Å². The zero-order valence-corrected chi connectivity index (χ0v) is 25.0. The number of fused-ring (bicyclic) bond motifs is 4. The lowest BCUT2D eigenvalue weighted by molar-refractivity contribution is -0.140. The first-order valence-corrected chi connectivity index (χ1v) is 14.6. The first kappa shape index (κ1) is 31.3. The number of anilines is 1. The Balaban J connectivity index is 1.61. The fourth-order valence-corrected chi connectivity index (χ4v) is 8.24. The highest BCUT2D eigenvalue weighted by Crippen LogP contribution is 2.66. The second-order valence-electron chi connectivity index (χ2n) is 11.4. The number of imide groups is 2. The lowest BCUT2D eigenvalue weighted by atomic mass is 9.56. The Morgan fingerprint density at radius 1 is 0.933 bits per heavy atom. The van der Waals surface area contributed by atoms with Crippen molar-refractivity contribution in [3.8, 4) is 11.5 Å². The number of halogens is 7. The average Bonchev–Trinajstić information content (AvgIpc) is 3.34. The smallest absolute Gasteiger partial charge is 0.258 e. The van der Waals surface area contributed by atoms with Crippen LogP contribution >= 0.6 is 23.2 Å². The van der Waals surface area contributed by atoms with Gasteiger partial charge in [0.15, 0.2) is 33.0 Å². The van der Waals surface area contributed by atoms with E-state index in [0.29, 0.717) is 6.42 Å². The second kappa shape index (κ2) is 10.4. The molecule has 2 saturated heterocycles. The van der Waals surface area contributed by atoms with Crippen LogP contribution in [0.3, 0.4) is 0 Å². The van der Waals surface area contributed by atoms with Crippen molar-refractivity contribution in [2.45, 2.75) is 41.9 Å². The zero-order valence-electron chi connectivity index (χ0n) is 23.5. The summed E-state index contributed by atoms with van der Waals surface area (Å²) in [6, 6.07) is 3.83. The van der Waals surface area contributed by atoms with Crippen molar-refractivity contribution in [3.05, 3.63) is 64.5 Å². The molecule has 2 heterocycles. The number of phenols is 1. The molecule has 6 rings (SSSR count). The number of rotatable bonds is 5. The molecule has 4 amide bonds. The van der Waals surface area contributed by atoms with Crippen LogP contribution in [0.25, 0.3) is 0 Å². The molecule has 3 fully saturated rings. The number of hydrogen-bond donors (Lipinski definition) is 1. The van der Waals surface area contributed by atoms with Crippen LogP contribution in [-0.2, 0) is 19.2 Å². The molecule has 0 unspecified atom stereocenters. The monoisotopic (exact) mass is 672 g/mol. The van der Waals surface area contributed by atoms with Crippen LogP contribution in [0.1, 0.15) is 37.7 Å². The van der Waals surface area contributed by atoms with Gasteiger partial charge in [-0.2, -0.15) is 0 Å². The molecule has 8 nitrogen and oxygen atoms in total. The third-order valence-corrected chi connectivity index (χ3v) is 10.7. The zero-order chi connectivity index (χ0) is 32.9. The molecule has 0 aromatic heterocycles. The van der Waals surface area contributed by atoms with Crippen LogP contribution in [0.2, 0.25) is 0 Å². The van der Waals surface area contributed by atoms with Gasteiger partial charge < -0.3 is 9.84 Å². The molecular formula is C30H23Cl2F5N2O6. The van der Waals surface area contributed by atoms with E-state index in [4.69, 9.17) is 27.9 Å². The third kappa shape index (κ3) is 3.89. The Morgan fingerprint density at radius 3 is 2.16 bits per heavy atom. The number of amides is 4. The second-order valence-corrected chi connectivity index (χ2v) is 12.7. The summed E-state index contributed by atoms with van der Waals surface area (Å²) in [5.74, 6) is -21.5. The van der Waals surface area contributed by atoms with Gasteiger partial charge in [-0.1, -0.05) is 18.6 Å². The molecule has 15 heteroatoms. The standard InChI is InChI=1S/C30H23Cl2F5N2O6/c1-3-8-38-25(41)13-6-5-12-15(17(13)26(38)42)10-29(31)27(43)39(24-22(36)20(34)19(33)21(35)23(24)37)28(44)30(29,32)18(12)14-9-11(45-2)4-7-16(14)40/h4-5,7,9,13,15,17-18,40H,3,6,8,10H2,1-2H3/t13-,15+,17-,18+,29+,30-/m0/s1. The summed E-state index contributed by atoms with van der Waals surface area (Å²) in [5.41, 5.74) is -1.78. The van der Waals surface area contributed by atoms with Gasteiger partial charge in [0.2, 0.25) is 17.6 Å². The number of likely N-dealkylation sites (tertiary alicyclic amines) is 1. The van der Waals surface area contributed by atoms with Crippen molar-refractivity contribution in [2.75, 3.05) is 18.6 Å². The van der Waals surface area contributed by atoms with E-state index in [0.717, 1.165) is 4.90 Å². The minimum atomic E-state index is -2.74. The Kier molecular flexibility index (Phi) is 7.24. The van der Waals surface area contributed by atoms with Gasteiger partial charge in [-0.3, -0.25) is 24.1 Å². The molecule has 2 aromatic carbocycles. The number of carbonyl (C=O) groups is 4. The van der Waals surface area contributed by atoms with Gasteiger partial charge >= 0.3 is 0 Å². The molecule has 4 aliphatic rings. The number of allylic oxidation sites excluding steroid dienone is 2. The Hall–Kier alpha value is -3.71. The minimum Gasteiger partial charge on any atom is -0.508 e. The highest BCUT2D eigenvalue weighted by molar-refractivity contribution is 6.58. The topological polar surface area (TPSA) is 104 Å². The van der Waals surface area contributed by atoms with E-state index < -0.39 is 104 Å². The van der Waals surface area contributed by atoms with E-state index in [-0.39, 0.29) is 34.8 Å². The summed E-state index contributed by atoms with van der Waals surface area (Å²) in [5, 5.41) is 11.0. The lowest BCUT2D eigenvalue weighted by Gasteiger charge is -2.50. The highest BCUT2D eigenvalue weighted by atomic mass is 35.5. The number of nitrogens with zero attached hydrogens (tertiary/aromatic N) is 2. The summed E-state index contributed by atoms with van der Waals surface area (Å²) >= 11 is 14.1. The maximum atomic E-state index is 15.1. The van der Waals surface area contributed by atoms with Crippen LogP contribution in [0, 0.1) is 46.8 Å². The fraction of sp³-hybridized carbons (Fsp3) is 0.400. The molecular weight excluding hydrogens is 650 g/mol. The van der Waals surface area contributed by atoms with Gasteiger partial charge in [-0.15, -0.1) is 23.2 Å². The lowest BCUT2D eigenvalue weighted by Crippen LogP contribution is -2.60. The number of ether oxygens (including phenoxy) is 1. The molecule has 0 bridgehead atoms. The normalized spacial score (nSPS) is 30.8. The quantitative estimate of drug-likeness (QED) is 0.119. The number of alkyl halides is 2. The van der Waals surface area contributed by atoms with Gasteiger partial charge in [0, 0.05) is 18.0 Å². The molecule has 0 spiro atoms. The number of hydrogen-bond acceptors (Lipinski definition) is 6. The number of methoxy groups -OCH3 is 1. The third-order valence-electron chi connectivity index (χ3n) is 9.31. The van der Waals surface area contributed by atoms with Gasteiger partial charge in [0.05, 0.1) is 18.9 Å². The van der Waals surface area contributed by atoms with E-state index in [2.05, 4.69) is 0 Å². The molecule has 238 valence electrons. The van der Waals surface area contributed by atoms with Gasteiger partial charge in [-0.05, 0) is 43.4 Å². The molecule has 6 atom stereocenters. The van der Waals surface area contributed by atoms with Crippen LogP contribution in [0.5, 0.6) is 11.5 Å². The molecule has 1 saturated carbocycles. The summed E-state index contributed by atoms with van der Waals surface area (Å²) in [6.07, 6.45) is 1.39. The van der Waals surface area contributed by atoms with Crippen LogP contribution in [0.4, 0.5) is 27.6 Å². The predicted molar refractivity (Wildman–Crippen MR) is 148 cm³/mol. The van der Waals surface area contributed by atoms with Gasteiger partial charge in [0.25, 0.3) is 11.8 Å². The Morgan fingerprint density at radius 2 is 1.56 bits per heavy atom. The Labute approximate surface area is 262 Å². The van der Waals surface area contributed by atoms with Crippen LogP contribution < -0.4 is 9.64 Å². The summed E-state index contributed by atoms with van der Waals surface area (Å²) in [6.45, 7) is 1.88. The van der Waals surface area contributed by atoms with Crippen molar-refractivity contribution < 1.29 is 51.0 Å². The van der Waals surface area contributed by atoms with Crippen molar-refractivity contribution >= 4 is 52.5 Å². The maximum absolute atomic E-state index is 15.1. The van der Waals surface area contributed by atoms with Crippen LogP contribution in [0.15, 0.2) is 29.8 Å². The molecule has 45 heavy (non-hydrogen) atoms. The molecule has 0 radical (unpaired) electrons. The predicted octanol–water partition coefficient (Wildman–Crippen LogP) is 5.07. The molecule has 1 N–H and O–H groups in total. The van der Waals surface area contributed by atoms with Crippen molar-refractivity contribution in [2.24, 2.45) is 17.8 Å². The van der Waals surface area contributed by atoms with E-state index in [1.807, 2.05) is 0 Å². The highest BCUT2D eigenvalue weighted by Gasteiger charge is 2.77. The van der Waals surface area contributed by atoms with E-state index in [9.17, 15) is 37.5 Å².